The Bertz CT molecular complexity index is 1190. The smallest absolute Gasteiger partial charge is 0.205 e. The third-order valence-electron chi connectivity index (χ3n) is 5.47. The molecule has 0 unspecified atom stereocenters. The second kappa shape index (κ2) is 6.60. The molecule has 0 spiro atoms. The van der Waals surface area contributed by atoms with Gasteiger partial charge in [0, 0.05) is 10.9 Å². The number of rotatable bonds is 3. The van der Waals surface area contributed by atoms with Crippen LogP contribution in [0.25, 0.3) is 21.7 Å². The van der Waals surface area contributed by atoms with Crippen molar-refractivity contribution in [3.05, 3.63) is 69.8 Å². The van der Waals surface area contributed by atoms with Crippen molar-refractivity contribution in [2.75, 3.05) is 5.73 Å². The Balaban J connectivity index is 1.72. The van der Waals surface area contributed by atoms with Crippen LogP contribution < -0.4 is 5.73 Å². The Hall–Kier alpha value is -2.92. The molecule has 140 valence electrons. The number of nitrogen functional groups attached to an aromatic ring is 1. The second-order valence-corrected chi connectivity index (χ2v) is 8.32. The summed E-state index contributed by atoms with van der Waals surface area (Å²) in [5.74, 6) is 0.739. The van der Waals surface area contributed by atoms with Gasteiger partial charge in [0.15, 0.2) is 5.76 Å². The Kier molecular flexibility index (Phi) is 4.05. The van der Waals surface area contributed by atoms with E-state index in [4.69, 9.17) is 15.1 Å². The van der Waals surface area contributed by atoms with E-state index in [0.717, 1.165) is 52.9 Å². The Morgan fingerprint density at radius 3 is 2.57 bits per heavy atom. The molecule has 0 amide bonds. The quantitative estimate of drug-likeness (QED) is 0.467. The summed E-state index contributed by atoms with van der Waals surface area (Å²) in [5.41, 5.74) is 12.2. The minimum Gasteiger partial charge on any atom is -0.463 e. The molecule has 1 aliphatic rings. The van der Waals surface area contributed by atoms with Gasteiger partial charge in [-0.15, -0.1) is 11.3 Å². The normalized spacial score (nSPS) is 13.6. The molecule has 1 aliphatic carbocycles. The van der Waals surface area contributed by atoms with Crippen molar-refractivity contribution >= 4 is 33.0 Å². The van der Waals surface area contributed by atoms with Gasteiger partial charge in [0.25, 0.3) is 0 Å². The third kappa shape index (κ3) is 2.66. The largest absolute Gasteiger partial charge is 0.463 e. The summed E-state index contributed by atoms with van der Waals surface area (Å²) in [6.45, 7) is 2.01. The van der Waals surface area contributed by atoms with Gasteiger partial charge in [-0.05, 0) is 55.9 Å². The van der Waals surface area contributed by atoms with Gasteiger partial charge in [-0.25, -0.2) is 4.98 Å². The number of nitrogens with two attached hydrogens (primary N) is 1. The average molecular weight is 388 g/mol. The van der Waals surface area contributed by atoms with E-state index in [-0.39, 0.29) is 5.78 Å². The highest BCUT2D eigenvalue weighted by Gasteiger charge is 2.26. The van der Waals surface area contributed by atoms with E-state index in [9.17, 15) is 4.79 Å². The molecule has 0 radical (unpaired) electrons. The summed E-state index contributed by atoms with van der Waals surface area (Å²) in [6.07, 6.45) is 5.85. The van der Waals surface area contributed by atoms with Gasteiger partial charge >= 0.3 is 0 Å². The highest BCUT2D eigenvalue weighted by molar-refractivity contribution is 7.21. The molecular weight excluding hydrogens is 368 g/mol. The molecule has 0 atom stereocenters. The molecule has 0 saturated carbocycles. The number of aromatic nitrogens is 1. The predicted octanol–water partition coefficient (Wildman–Crippen LogP) is 5.56. The Morgan fingerprint density at radius 1 is 1.11 bits per heavy atom. The van der Waals surface area contributed by atoms with Crippen LogP contribution in [0.4, 0.5) is 5.69 Å². The van der Waals surface area contributed by atoms with Gasteiger partial charge in [-0.2, -0.15) is 0 Å². The van der Waals surface area contributed by atoms with Crippen LogP contribution in [0.2, 0.25) is 0 Å². The molecule has 3 heterocycles. The minimum atomic E-state index is -0.0374. The van der Waals surface area contributed by atoms with Crippen LogP contribution in [0.3, 0.4) is 0 Å². The first-order chi connectivity index (χ1) is 13.6. The maximum absolute atomic E-state index is 13.1. The molecule has 5 heteroatoms. The van der Waals surface area contributed by atoms with Gasteiger partial charge in [-0.3, -0.25) is 4.79 Å². The van der Waals surface area contributed by atoms with Crippen LogP contribution in [-0.2, 0) is 12.8 Å². The number of carbonyl (C=O) groups excluding carboxylic acids is 1. The summed E-state index contributed by atoms with van der Waals surface area (Å²) in [7, 11) is 0. The molecule has 2 N–H and O–H groups in total. The van der Waals surface area contributed by atoms with E-state index < -0.39 is 0 Å². The molecule has 0 bridgehead atoms. The molecule has 0 aliphatic heterocycles. The maximum Gasteiger partial charge on any atom is 0.205 e. The molecule has 4 nitrogen and oxygen atoms in total. The molecular formula is C23H20N2O2S. The van der Waals surface area contributed by atoms with Crippen LogP contribution in [0.1, 0.15) is 44.8 Å². The highest BCUT2D eigenvalue weighted by Crippen LogP contribution is 2.42. The van der Waals surface area contributed by atoms with Gasteiger partial charge in [0.2, 0.25) is 5.78 Å². The summed E-state index contributed by atoms with van der Waals surface area (Å²) < 4.78 is 5.64. The lowest BCUT2D eigenvalue weighted by molar-refractivity contribution is 0.104. The standard InChI is InChI=1S/C23H20N2O2S/c1-13-8-10-14(11-9-13)21(26)22-19(24)18-15-5-2-3-6-16(15)20(25-23(18)28-22)17-7-4-12-27-17/h4,7-12H,2-3,5-6,24H2,1H3. The van der Waals surface area contributed by atoms with E-state index in [1.807, 2.05) is 43.3 Å². The summed E-state index contributed by atoms with van der Waals surface area (Å²) >= 11 is 1.39. The number of ketones is 1. The van der Waals surface area contributed by atoms with Gasteiger partial charge in [0.05, 0.1) is 12.0 Å². The van der Waals surface area contributed by atoms with Crippen molar-refractivity contribution in [3.63, 3.8) is 0 Å². The van der Waals surface area contributed by atoms with Gasteiger partial charge in [-0.1, -0.05) is 29.8 Å². The van der Waals surface area contributed by atoms with Gasteiger partial charge in [0.1, 0.15) is 15.4 Å². The first-order valence-electron chi connectivity index (χ1n) is 9.52. The van der Waals surface area contributed by atoms with Crippen molar-refractivity contribution in [1.29, 1.82) is 0 Å². The number of thiophene rings is 1. The van der Waals surface area contributed by atoms with E-state index in [0.29, 0.717) is 16.1 Å². The van der Waals surface area contributed by atoms with E-state index in [1.54, 1.807) is 6.26 Å². The zero-order chi connectivity index (χ0) is 19.3. The highest BCUT2D eigenvalue weighted by atomic mass is 32.1. The Morgan fingerprint density at radius 2 is 1.86 bits per heavy atom. The van der Waals surface area contributed by atoms with Crippen LogP contribution in [0, 0.1) is 6.92 Å². The molecule has 3 aromatic heterocycles. The van der Waals surface area contributed by atoms with Crippen molar-refractivity contribution < 1.29 is 9.21 Å². The molecule has 0 fully saturated rings. The number of hydrogen-bond acceptors (Lipinski definition) is 5. The van der Waals surface area contributed by atoms with Gasteiger partial charge < -0.3 is 10.2 Å². The molecule has 4 aromatic rings. The summed E-state index contributed by atoms with van der Waals surface area (Å²) in [4.78, 5) is 19.4. The Labute approximate surface area is 167 Å². The van der Waals surface area contributed by atoms with E-state index >= 15 is 0 Å². The summed E-state index contributed by atoms with van der Waals surface area (Å²) in [5, 5.41) is 0.963. The number of benzene rings is 1. The van der Waals surface area contributed by atoms with E-state index in [2.05, 4.69) is 0 Å². The SMILES string of the molecule is Cc1ccc(C(=O)c2sc3nc(-c4ccco4)c4c(c3c2N)CCCC4)cc1. The zero-order valence-electron chi connectivity index (χ0n) is 15.6. The lowest BCUT2D eigenvalue weighted by Gasteiger charge is -2.19. The van der Waals surface area contributed by atoms with E-state index in [1.165, 1.54) is 22.5 Å². The van der Waals surface area contributed by atoms with Crippen molar-refractivity contribution in [1.82, 2.24) is 4.98 Å². The predicted molar refractivity (Wildman–Crippen MR) is 113 cm³/mol. The van der Waals surface area contributed by atoms with Crippen molar-refractivity contribution in [3.8, 4) is 11.5 Å². The zero-order valence-corrected chi connectivity index (χ0v) is 16.4. The third-order valence-corrected chi connectivity index (χ3v) is 6.57. The number of carbonyl (C=O) groups is 1. The van der Waals surface area contributed by atoms with Crippen molar-refractivity contribution in [2.45, 2.75) is 32.6 Å². The fraction of sp³-hybridized carbons (Fsp3) is 0.217. The lowest BCUT2D eigenvalue weighted by Crippen LogP contribution is -2.08. The number of furan rings is 1. The fourth-order valence-corrected chi connectivity index (χ4v) is 5.12. The van der Waals surface area contributed by atoms with Crippen LogP contribution in [-0.4, -0.2) is 10.8 Å². The molecule has 0 saturated heterocycles. The number of hydrogen-bond donors (Lipinski definition) is 1. The summed E-state index contributed by atoms with van der Waals surface area (Å²) in [6, 6.07) is 11.4. The number of fused-ring (bicyclic) bond motifs is 3. The first-order valence-corrected chi connectivity index (χ1v) is 10.3. The van der Waals surface area contributed by atoms with Crippen molar-refractivity contribution in [2.24, 2.45) is 0 Å². The number of pyridine rings is 1. The lowest BCUT2D eigenvalue weighted by atomic mass is 9.88. The number of anilines is 1. The number of aryl methyl sites for hydroxylation is 2. The first kappa shape index (κ1) is 17.2. The average Bonchev–Trinajstić information content (AvgIpc) is 3.36. The second-order valence-electron chi connectivity index (χ2n) is 7.32. The molecule has 28 heavy (non-hydrogen) atoms. The molecule has 5 rings (SSSR count). The number of nitrogens with zero attached hydrogens (tertiary/aromatic N) is 1. The topological polar surface area (TPSA) is 69.1 Å². The monoisotopic (exact) mass is 388 g/mol. The van der Waals surface area contributed by atoms with Crippen LogP contribution >= 0.6 is 11.3 Å². The van der Waals surface area contributed by atoms with Crippen LogP contribution in [0.15, 0.2) is 47.1 Å². The molecule has 1 aromatic carbocycles. The van der Waals surface area contributed by atoms with Crippen LogP contribution in [0.5, 0.6) is 0 Å². The minimum absolute atomic E-state index is 0.0374. The maximum atomic E-state index is 13.1. The fourth-order valence-electron chi connectivity index (χ4n) is 4.04.